The van der Waals surface area contributed by atoms with Crippen molar-refractivity contribution in [2.45, 2.75) is 30.7 Å². The first kappa shape index (κ1) is 16.0. The number of benzene rings is 1. The minimum absolute atomic E-state index is 0.312. The van der Waals surface area contributed by atoms with Gasteiger partial charge in [0.2, 0.25) is 0 Å². The lowest BCUT2D eigenvalue weighted by atomic mass is 9.99. The number of hydrogen-bond acceptors (Lipinski definition) is 7. The third kappa shape index (κ3) is 3.65. The summed E-state index contributed by atoms with van der Waals surface area (Å²) in [6, 6.07) is 8.44. The number of aliphatic hydroxyl groups is 4. The molecular formula is C14H18O7. The Balaban J connectivity index is 1.94. The van der Waals surface area contributed by atoms with Crippen molar-refractivity contribution in [1.82, 2.24) is 0 Å². The van der Waals surface area contributed by atoms with Gasteiger partial charge in [0.15, 0.2) is 12.1 Å². The molecule has 5 atom stereocenters. The maximum absolute atomic E-state index is 11.9. The molecule has 1 heterocycles. The van der Waals surface area contributed by atoms with Gasteiger partial charge in [0.1, 0.15) is 31.0 Å². The number of carbonyl (C=O) groups is 1. The van der Waals surface area contributed by atoms with E-state index in [1.54, 1.807) is 30.3 Å². The topological polar surface area (TPSA) is 116 Å². The molecule has 1 aliphatic rings. The summed E-state index contributed by atoms with van der Waals surface area (Å²) >= 11 is 0. The predicted octanol–water partition coefficient (Wildman–Crippen LogP) is -1.31. The molecule has 0 bridgehead atoms. The summed E-state index contributed by atoms with van der Waals surface area (Å²) in [5.74, 6) is -0.312. The number of hydrogen-bond donors (Lipinski definition) is 4. The van der Waals surface area contributed by atoms with E-state index in [2.05, 4.69) is 0 Å². The van der Waals surface area contributed by atoms with Gasteiger partial charge in [0.05, 0.1) is 6.61 Å². The standard InChI is InChI=1S/C14H18O7/c15-6-10-11(17)12(18)13(19)14(21-10)20-7-9(16)8-4-2-1-3-5-8/h1-5,10-15,17-19H,6-7H2/t10-,11-,12+,13-,14+/m1/s1. The highest BCUT2D eigenvalue weighted by Crippen LogP contribution is 2.22. The first-order valence-electron chi connectivity index (χ1n) is 6.55. The van der Waals surface area contributed by atoms with Crippen molar-refractivity contribution in [3.05, 3.63) is 35.9 Å². The van der Waals surface area contributed by atoms with Gasteiger partial charge in [0, 0.05) is 5.56 Å². The highest BCUT2D eigenvalue weighted by Gasteiger charge is 2.44. The lowest BCUT2D eigenvalue weighted by molar-refractivity contribution is -0.298. The monoisotopic (exact) mass is 298 g/mol. The summed E-state index contributed by atoms with van der Waals surface area (Å²) in [5, 5.41) is 38.0. The number of Topliss-reactive ketones (excluding diaryl/α,β-unsaturated/α-hetero) is 1. The van der Waals surface area contributed by atoms with Crippen LogP contribution in [-0.4, -0.2) is 70.1 Å². The van der Waals surface area contributed by atoms with Gasteiger partial charge in [-0.15, -0.1) is 0 Å². The van der Waals surface area contributed by atoms with Gasteiger partial charge in [-0.1, -0.05) is 30.3 Å². The molecule has 0 unspecified atom stereocenters. The van der Waals surface area contributed by atoms with Crippen LogP contribution in [0, 0.1) is 0 Å². The molecule has 4 N–H and O–H groups in total. The number of ether oxygens (including phenoxy) is 2. The maximum Gasteiger partial charge on any atom is 0.188 e. The van der Waals surface area contributed by atoms with Gasteiger partial charge in [-0.05, 0) is 0 Å². The molecule has 0 saturated carbocycles. The van der Waals surface area contributed by atoms with Crippen molar-refractivity contribution in [2.75, 3.05) is 13.2 Å². The smallest absolute Gasteiger partial charge is 0.188 e. The van der Waals surface area contributed by atoms with E-state index in [0.29, 0.717) is 5.56 Å². The minimum atomic E-state index is -1.52. The third-order valence-corrected chi connectivity index (χ3v) is 3.32. The summed E-state index contributed by atoms with van der Waals surface area (Å²) in [4.78, 5) is 11.9. The Kier molecular flexibility index (Phi) is 5.40. The Hall–Kier alpha value is -1.35. The number of ketones is 1. The van der Waals surface area contributed by atoms with E-state index in [9.17, 15) is 20.1 Å². The van der Waals surface area contributed by atoms with Gasteiger partial charge in [-0.2, -0.15) is 0 Å². The molecule has 1 saturated heterocycles. The molecule has 1 aromatic rings. The van der Waals surface area contributed by atoms with E-state index in [1.165, 1.54) is 0 Å². The van der Waals surface area contributed by atoms with Crippen molar-refractivity contribution in [3.8, 4) is 0 Å². The summed E-state index contributed by atoms with van der Waals surface area (Å²) in [7, 11) is 0. The molecule has 1 aliphatic heterocycles. The zero-order valence-electron chi connectivity index (χ0n) is 11.2. The quantitative estimate of drug-likeness (QED) is 0.498. The van der Waals surface area contributed by atoms with E-state index in [1.807, 2.05) is 0 Å². The second-order valence-electron chi connectivity index (χ2n) is 4.80. The van der Waals surface area contributed by atoms with Crippen LogP contribution in [0.2, 0.25) is 0 Å². The highest BCUT2D eigenvalue weighted by atomic mass is 16.7. The lowest BCUT2D eigenvalue weighted by Gasteiger charge is -2.39. The van der Waals surface area contributed by atoms with Crippen LogP contribution < -0.4 is 0 Å². The van der Waals surface area contributed by atoms with E-state index in [0.717, 1.165) is 0 Å². The molecule has 7 nitrogen and oxygen atoms in total. The van der Waals surface area contributed by atoms with Crippen molar-refractivity contribution in [1.29, 1.82) is 0 Å². The maximum atomic E-state index is 11.9. The number of aliphatic hydroxyl groups excluding tert-OH is 4. The first-order chi connectivity index (χ1) is 10.0. The Labute approximate surface area is 121 Å². The van der Waals surface area contributed by atoms with Crippen molar-refractivity contribution in [3.63, 3.8) is 0 Å². The number of carbonyl (C=O) groups excluding carboxylic acids is 1. The van der Waals surface area contributed by atoms with Crippen LogP contribution in [0.15, 0.2) is 30.3 Å². The molecule has 21 heavy (non-hydrogen) atoms. The van der Waals surface area contributed by atoms with E-state index >= 15 is 0 Å². The van der Waals surface area contributed by atoms with Gasteiger partial charge in [-0.3, -0.25) is 4.79 Å². The number of rotatable bonds is 5. The van der Waals surface area contributed by atoms with Crippen LogP contribution in [0.3, 0.4) is 0 Å². The first-order valence-corrected chi connectivity index (χ1v) is 6.55. The van der Waals surface area contributed by atoms with Gasteiger partial charge in [0.25, 0.3) is 0 Å². The van der Waals surface area contributed by atoms with Crippen molar-refractivity contribution >= 4 is 5.78 Å². The summed E-state index contributed by atoms with van der Waals surface area (Å²) < 4.78 is 10.3. The fraction of sp³-hybridized carbons (Fsp3) is 0.500. The molecule has 0 amide bonds. The normalized spacial score (nSPS) is 32.9. The van der Waals surface area contributed by atoms with Crippen molar-refractivity contribution in [2.24, 2.45) is 0 Å². The van der Waals surface area contributed by atoms with Crippen LogP contribution in [0.4, 0.5) is 0 Å². The molecule has 1 aromatic carbocycles. The average Bonchev–Trinajstić information content (AvgIpc) is 2.52. The summed E-state index contributed by atoms with van der Waals surface area (Å²) in [6.07, 6.45) is -6.83. The molecule has 0 aromatic heterocycles. The predicted molar refractivity (Wildman–Crippen MR) is 70.5 cm³/mol. The zero-order valence-corrected chi connectivity index (χ0v) is 11.2. The summed E-state index contributed by atoms with van der Waals surface area (Å²) in [5.41, 5.74) is 0.446. The zero-order chi connectivity index (χ0) is 15.4. The van der Waals surface area contributed by atoms with Gasteiger partial charge >= 0.3 is 0 Å². The van der Waals surface area contributed by atoms with E-state index in [-0.39, 0.29) is 12.4 Å². The fourth-order valence-electron chi connectivity index (χ4n) is 2.07. The second kappa shape index (κ2) is 7.08. The molecule has 0 spiro atoms. The Morgan fingerprint density at radius 1 is 1.10 bits per heavy atom. The van der Waals surface area contributed by atoms with Crippen LogP contribution in [0.5, 0.6) is 0 Å². The van der Waals surface area contributed by atoms with Gasteiger partial charge in [-0.25, -0.2) is 0 Å². The molecule has 0 radical (unpaired) electrons. The lowest BCUT2D eigenvalue weighted by Crippen LogP contribution is -2.59. The second-order valence-corrected chi connectivity index (χ2v) is 4.80. The van der Waals surface area contributed by atoms with Crippen LogP contribution >= 0.6 is 0 Å². The molecular weight excluding hydrogens is 280 g/mol. The van der Waals surface area contributed by atoms with Crippen LogP contribution in [0.1, 0.15) is 10.4 Å². The van der Waals surface area contributed by atoms with E-state index < -0.39 is 37.3 Å². The van der Waals surface area contributed by atoms with Gasteiger partial charge < -0.3 is 29.9 Å². The Morgan fingerprint density at radius 3 is 2.38 bits per heavy atom. The highest BCUT2D eigenvalue weighted by molar-refractivity contribution is 5.96. The Morgan fingerprint density at radius 2 is 1.76 bits per heavy atom. The average molecular weight is 298 g/mol. The largest absolute Gasteiger partial charge is 0.394 e. The fourth-order valence-corrected chi connectivity index (χ4v) is 2.07. The van der Waals surface area contributed by atoms with Crippen molar-refractivity contribution < 1.29 is 34.7 Å². The molecule has 1 fully saturated rings. The van der Waals surface area contributed by atoms with Crippen LogP contribution in [0.25, 0.3) is 0 Å². The molecule has 116 valence electrons. The van der Waals surface area contributed by atoms with Crippen LogP contribution in [-0.2, 0) is 9.47 Å². The van der Waals surface area contributed by atoms with E-state index in [4.69, 9.17) is 14.6 Å². The molecule has 7 heteroatoms. The SMILES string of the molecule is O=C(CO[C@H]1O[C@H](CO)[C@@H](O)[C@H](O)[C@H]1O)c1ccccc1. The Bertz CT molecular complexity index is 462. The summed E-state index contributed by atoms with van der Waals surface area (Å²) in [6.45, 7) is -0.899. The molecule has 2 rings (SSSR count). The third-order valence-electron chi connectivity index (χ3n) is 3.32. The molecule has 0 aliphatic carbocycles. The minimum Gasteiger partial charge on any atom is -0.394 e.